The molecule has 8 nitrogen and oxygen atoms in total. The molecule has 0 amide bonds. The van der Waals surface area contributed by atoms with Crippen molar-refractivity contribution >= 4 is 43.6 Å². The number of rotatable bonds is 8. The monoisotopic (exact) mass is 807 g/mol. The molecular weight excluding hydrogens is 765 g/mol. The lowest BCUT2D eigenvalue weighted by molar-refractivity contribution is 0.482. The van der Waals surface area contributed by atoms with Crippen molar-refractivity contribution in [2.24, 2.45) is 0 Å². The van der Waals surface area contributed by atoms with Gasteiger partial charge in [-0.25, -0.2) is 9.97 Å². The fraction of sp³-hybridized carbons (Fsp3) is 0.0741. The first kappa shape index (κ1) is 33.7. The van der Waals surface area contributed by atoms with Crippen molar-refractivity contribution in [3.05, 3.63) is 193 Å². The Labute approximate surface area is 362 Å². The van der Waals surface area contributed by atoms with Gasteiger partial charge in [0.25, 0.3) is 0 Å². The molecule has 0 radical (unpaired) electrons. The van der Waals surface area contributed by atoms with Gasteiger partial charge < -0.3 is 9.47 Å². The molecule has 62 heavy (non-hydrogen) atoms. The highest BCUT2D eigenvalue weighted by molar-refractivity contribution is 6.10. The van der Waals surface area contributed by atoms with Crippen LogP contribution in [0.25, 0.3) is 77.8 Å². The van der Waals surface area contributed by atoms with Gasteiger partial charge in [0.05, 0.1) is 45.8 Å². The summed E-state index contributed by atoms with van der Waals surface area (Å²) in [6, 6.07) is 47.7. The third-order valence-corrected chi connectivity index (χ3v) is 11.2. The molecule has 0 atom stereocenters. The molecule has 6 aromatic carbocycles. The summed E-state index contributed by atoms with van der Waals surface area (Å²) in [5.41, 5.74) is 9.87. The molecule has 0 saturated heterocycles. The van der Waals surface area contributed by atoms with Crippen LogP contribution >= 0.6 is 0 Å². The minimum atomic E-state index is -2.40. The number of fused-ring (bicyclic) bond motifs is 6. The lowest BCUT2D eigenvalue weighted by atomic mass is 10.1. The Kier molecular flexibility index (Phi) is 8.08. The number of aryl methyl sites for hydroxylation is 4. The van der Waals surface area contributed by atoms with Crippen molar-refractivity contribution in [1.82, 2.24) is 29.1 Å². The van der Waals surface area contributed by atoms with E-state index in [4.69, 9.17) is 33.5 Å². The average Bonchev–Trinajstić information content (AvgIpc) is 3.80. The van der Waals surface area contributed by atoms with Crippen molar-refractivity contribution in [2.45, 2.75) is 27.6 Å². The van der Waals surface area contributed by atoms with Gasteiger partial charge in [0.15, 0.2) is 0 Å². The number of benzene rings is 6. The fourth-order valence-corrected chi connectivity index (χ4v) is 8.47. The molecule has 0 aliphatic carbocycles. The molecule has 8 heteroatoms. The SMILES string of the molecule is [2H]C([2H])([2H])c1cc(Oc2ccc3c4ccccc4n(-c4cc(C)ccn4)c3c2)cc(-c2cnc(-c3cc(C)cc(Oc4ccc5c6ccccc6n(-c6cc(C)ccn6)c5c4)c3)cn2)c1. The molecule has 0 aliphatic heterocycles. The molecule has 0 unspecified atom stereocenters. The molecule has 0 bridgehead atoms. The van der Waals surface area contributed by atoms with E-state index in [2.05, 4.69) is 70.7 Å². The smallest absolute Gasteiger partial charge is 0.137 e. The second-order valence-corrected chi connectivity index (χ2v) is 15.7. The van der Waals surface area contributed by atoms with E-state index >= 15 is 0 Å². The van der Waals surface area contributed by atoms with Crippen LogP contribution in [0.1, 0.15) is 26.4 Å². The zero-order valence-corrected chi connectivity index (χ0v) is 34.2. The van der Waals surface area contributed by atoms with Crippen LogP contribution in [0, 0.1) is 27.6 Å². The minimum Gasteiger partial charge on any atom is -0.457 e. The predicted molar refractivity (Wildman–Crippen MR) is 249 cm³/mol. The van der Waals surface area contributed by atoms with Gasteiger partial charge in [-0.3, -0.25) is 19.1 Å². The van der Waals surface area contributed by atoms with E-state index in [-0.39, 0.29) is 5.56 Å². The zero-order chi connectivity index (χ0) is 44.4. The van der Waals surface area contributed by atoms with Crippen LogP contribution in [-0.2, 0) is 0 Å². The number of ether oxygens (including phenoxy) is 2. The van der Waals surface area contributed by atoms with Gasteiger partial charge in [-0.05, 0) is 147 Å². The molecule has 0 fully saturated rings. The zero-order valence-electron chi connectivity index (χ0n) is 37.2. The largest absolute Gasteiger partial charge is 0.457 e. The van der Waals surface area contributed by atoms with Crippen molar-refractivity contribution < 1.29 is 13.6 Å². The molecule has 0 spiro atoms. The summed E-state index contributed by atoms with van der Waals surface area (Å²) < 4.78 is 42.3. The van der Waals surface area contributed by atoms with Gasteiger partial charge in [0.1, 0.15) is 34.6 Å². The van der Waals surface area contributed by atoms with Crippen LogP contribution in [0.4, 0.5) is 0 Å². The quantitative estimate of drug-likeness (QED) is 0.152. The highest BCUT2D eigenvalue weighted by Gasteiger charge is 2.17. The fourth-order valence-electron chi connectivity index (χ4n) is 8.47. The van der Waals surface area contributed by atoms with Gasteiger partial charge in [0, 0.05) is 61.3 Å². The van der Waals surface area contributed by atoms with Crippen LogP contribution in [0.3, 0.4) is 0 Å². The number of aromatic nitrogens is 6. The average molecular weight is 808 g/mol. The summed E-state index contributed by atoms with van der Waals surface area (Å²) in [6.45, 7) is 3.73. The number of nitrogens with zero attached hydrogens (tertiary/aromatic N) is 6. The summed E-state index contributed by atoms with van der Waals surface area (Å²) in [7, 11) is 0. The molecule has 0 aliphatic rings. The van der Waals surface area contributed by atoms with E-state index in [1.165, 1.54) is 0 Å². The van der Waals surface area contributed by atoms with Crippen molar-refractivity contribution in [3.8, 4) is 57.1 Å². The molecule has 5 heterocycles. The lowest BCUT2D eigenvalue weighted by Gasteiger charge is -2.12. The highest BCUT2D eigenvalue weighted by Crippen LogP contribution is 2.38. The van der Waals surface area contributed by atoms with E-state index < -0.39 is 6.85 Å². The molecule has 11 rings (SSSR count). The summed E-state index contributed by atoms with van der Waals surface area (Å²) in [5.74, 6) is 3.89. The van der Waals surface area contributed by atoms with Crippen LogP contribution in [0.2, 0.25) is 0 Å². The summed E-state index contributed by atoms with van der Waals surface area (Å²) in [6.07, 6.45) is 7.00. The van der Waals surface area contributed by atoms with Crippen LogP contribution < -0.4 is 9.47 Å². The number of para-hydroxylation sites is 2. The predicted octanol–water partition coefficient (Wildman–Crippen LogP) is 13.6. The Bertz CT molecular complexity index is 3650. The van der Waals surface area contributed by atoms with Crippen LogP contribution in [-0.4, -0.2) is 29.1 Å². The second kappa shape index (κ2) is 14.9. The first-order valence-electron chi connectivity index (χ1n) is 21.9. The Balaban J connectivity index is 0.903. The molecule has 0 saturated carbocycles. The highest BCUT2D eigenvalue weighted by atomic mass is 16.5. The Morgan fingerprint density at radius 2 is 0.871 bits per heavy atom. The maximum atomic E-state index is 8.32. The molecular formula is C54H40N6O2. The molecule has 11 aromatic rings. The van der Waals surface area contributed by atoms with Crippen LogP contribution in [0.15, 0.2) is 170 Å². The second-order valence-electron chi connectivity index (χ2n) is 15.7. The number of hydrogen-bond acceptors (Lipinski definition) is 6. The summed E-state index contributed by atoms with van der Waals surface area (Å²) >= 11 is 0. The van der Waals surface area contributed by atoms with Gasteiger partial charge in [0.2, 0.25) is 0 Å². The first-order valence-corrected chi connectivity index (χ1v) is 20.4. The maximum absolute atomic E-state index is 8.32. The standard InChI is InChI=1S/C54H40N6O2/c1-33-17-19-55-53(25-33)59-49-11-7-5-9-43(49)45-15-13-39(29-51(45)59)61-41-23-35(3)21-37(27-41)47-31-58-48(32-57-47)38-22-36(4)24-42(28-38)62-40-14-16-46-44-10-6-8-12-50(44)60(52(46)30-40)54-26-34(2)18-20-56-54/h5-32H,1-4H3/i3D3. The van der Waals surface area contributed by atoms with E-state index in [1.807, 2.05) is 99.0 Å². The van der Waals surface area contributed by atoms with Gasteiger partial charge in [-0.1, -0.05) is 36.4 Å². The maximum Gasteiger partial charge on any atom is 0.137 e. The Morgan fingerprint density at radius 3 is 1.35 bits per heavy atom. The number of pyridine rings is 2. The van der Waals surface area contributed by atoms with Gasteiger partial charge in [-0.15, -0.1) is 0 Å². The Hall–Kier alpha value is -8.10. The molecule has 0 N–H and O–H groups in total. The minimum absolute atomic E-state index is 0.129. The first-order chi connectivity index (χ1) is 31.5. The van der Waals surface area contributed by atoms with E-state index in [9.17, 15) is 0 Å². The van der Waals surface area contributed by atoms with Crippen LogP contribution in [0.5, 0.6) is 23.0 Å². The van der Waals surface area contributed by atoms with Gasteiger partial charge in [-0.2, -0.15) is 0 Å². The Morgan fingerprint density at radius 1 is 0.403 bits per heavy atom. The molecule has 298 valence electrons. The van der Waals surface area contributed by atoms with Crippen molar-refractivity contribution in [1.29, 1.82) is 0 Å². The van der Waals surface area contributed by atoms with Crippen molar-refractivity contribution in [3.63, 3.8) is 0 Å². The topological polar surface area (TPSA) is 79.9 Å². The third kappa shape index (κ3) is 6.68. The van der Waals surface area contributed by atoms with Crippen molar-refractivity contribution in [2.75, 3.05) is 0 Å². The summed E-state index contributed by atoms with van der Waals surface area (Å²) in [5, 5.41) is 4.39. The summed E-state index contributed by atoms with van der Waals surface area (Å²) in [4.78, 5) is 19.0. The van der Waals surface area contributed by atoms with E-state index in [0.717, 1.165) is 77.5 Å². The van der Waals surface area contributed by atoms with E-state index in [0.29, 0.717) is 39.9 Å². The molecule has 5 aromatic heterocycles. The van der Waals surface area contributed by atoms with Gasteiger partial charge >= 0.3 is 0 Å². The van der Waals surface area contributed by atoms with E-state index in [1.54, 1.807) is 30.6 Å². The third-order valence-electron chi connectivity index (χ3n) is 11.2. The number of hydrogen-bond donors (Lipinski definition) is 0. The lowest BCUT2D eigenvalue weighted by Crippen LogP contribution is -1.97. The normalized spacial score (nSPS) is 12.5.